The first kappa shape index (κ1) is 11.1. The van der Waals surface area contributed by atoms with Gasteiger partial charge in [-0.15, -0.1) is 0 Å². The zero-order valence-electron chi connectivity index (χ0n) is 9.21. The number of aromatic nitrogens is 1. The Morgan fingerprint density at radius 2 is 2.00 bits per heavy atom. The lowest BCUT2D eigenvalue weighted by Crippen LogP contribution is -2.22. The number of halogens is 2. The van der Waals surface area contributed by atoms with E-state index in [1.165, 1.54) is 0 Å². The molecule has 0 unspecified atom stereocenters. The molecule has 0 fully saturated rings. The highest BCUT2D eigenvalue weighted by Crippen LogP contribution is 2.47. The largest absolute Gasteiger partial charge is 0.398 e. The third-order valence-corrected chi connectivity index (χ3v) is 4.03. The van der Waals surface area contributed by atoms with E-state index in [1.54, 1.807) is 0 Å². The SMILES string of the molecule is Nc1c2c(nc3ccccc13)CCCC2(Cl)Cl. The van der Waals surface area contributed by atoms with Crippen LogP contribution in [0.25, 0.3) is 10.9 Å². The van der Waals surface area contributed by atoms with Crippen LogP contribution < -0.4 is 5.73 Å². The Morgan fingerprint density at radius 3 is 2.82 bits per heavy atom. The minimum Gasteiger partial charge on any atom is -0.398 e. The first-order valence-corrected chi connectivity index (χ1v) is 6.40. The van der Waals surface area contributed by atoms with Crippen LogP contribution in [0.4, 0.5) is 5.69 Å². The summed E-state index contributed by atoms with van der Waals surface area (Å²) in [6.07, 6.45) is 2.57. The maximum absolute atomic E-state index is 6.35. The lowest BCUT2D eigenvalue weighted by molar-refractivity contribution is 0.616. The van der Waals surface area contributed by atoms with E-state index in [9.17, 15) is 0 Å². The number of nitrogens with zero attached hydrogens (tertiary/aromatic N) is 1. The second kappa shape index (κ2) is 3.76. The molecule has 2 N–H and O–H groups in total. The molecule has 0 atom stereocenters. The molecule has 17 heavy (non-hydrogen) atoms. The van der Waals surface area contributed by atoms with Gasteiger partial charge in [0.2, 0.25) is 0 Å². The Bertz CT molecular complexity index is 593. The molecule has 0 amide bonds. The molecule has 0 saturated carbocycles. The van der Waals surface area contributed by atoms with E-state index >= 15 is 0 Å². The average Bonchev–Trinajstić information content (AvgIpc) is 2.28. The number of para-hydroxylation sites is 1. The average molecular weight is 267 g/mol. The van der Waals surface area contributed by atoms with E-state index in [4.69, 9.17) is 28.9 Å². The van der Waals surface area contributed by atoms with Gasteiger partial charge in [0.25, 0.3) is 0 Å². The van der Waals surface area contributed by atoms with Gasteiger partial charge in [-0.05, 0) is 25.3 Å². The van der Waals surface area contributed by atoms with E-state index < -0.39 is 4.33 Å². The molecule has 1 aliphatic carbocycles. The van der Waals surface area contributed by atoms with Crippen LogP contribution in [0.3, 0.4) is 0 Å². The lowest BCUT2D eigenvalue weighted by Gasteiger charge is -2.29. The van der Waals surface area contributed by atoms with Gasteiger partial charge in [-0.25, -0.2) is 0 Å². The second-order valence-electron chi connectivity index (χ2n) is 4.42. The van der Waals surface area contributed by atoms with Crippen molar-refractivity contribution < 1.29 is 0 Å². The molecule has 4 heteroatoms. The quantitative estimate of drug-likeness (QED) is 0.737. The number of hydrogen-bond acceptors (Lipinski definition) is 2. The normalized spacial score (nSPS) is 18.0. The van der Waals surface area contributed by atoms with Gasteiger partial charge in [-0.1, -0.05) is 41.4 Å². The molecule has 1 aromatic heterocycles. The molecule has 3 rings (SSSR count). The number of anilines is 1. The maximum atomic E-state index is 6.35. The van der Waals surface area contributed by atoms with Crippen LogP contribution in [-0.2, 0) is 10.8 Å². The number of nitrogens with two attached hydrogens (primary N) is 1. The van der Waals surface area contributed by atoms with E-state index in [0.29, 0.717) is 5.69 Å². The highest BCUT2D eigenvalue weighted by molar-refractivity contribution is 6.48. The summed E-state index contributed by atoms with van der Waals surface area (Å²) in [4.78, 5) is 4.62. The van der Waals surface area contributed by atoms with Crippen molar-refractivity contribution in [3.63, 3.8) is 0 Å². The van der Waals surface area contributed by atoms with Crippen molar-refractivity contribution in [1.82, 2.24) is 4.98 Å². The van der Waals surface area contributed by atoms with Crippen molar-refractivity contribution in [2.75, 3.05) is 5.73 Å². The predicted octanol–water partition coefficient (Wildman–Crippen LogP) is 3.78. The number of aryl methyl sites for hydroxylation is 1. The highest BCUT2D eigenvalue weighted by Gasteiger charge is 2.35. The molecule has 1 aromatic carbocycles. The molecular weight excluding hydrogens is 255 g/mol. The molecule has 1 heterocycles. The van der Waals surface area contributed by atoms with Crippen molar-refractivity contribution in [2.45, 2.75) is 23.6 Å². The summed E-state index contributed by atoms with van der Waals surface area (Å²) in [5.41, 5.74) is 9.55. The fourth-order valence-corrected chi connectivity index (χ4v) is 3.17. The van der Waals surface area contributed by atoms with E-state index in [-0.39, 0.29) is 0 Å². The maximum Gasteiger partial charge on any atom is 0.146 e. The Kier molecular flexibility index (Phi) is 2.46. The van der Waals surface area contributed by atoms with Crippen LogP contribution in [-0.4, -0.2) is 4.98 Å². The minimum atomic E-state index is -0.894. The third kappa shape index (κ3) is 1.67. The summed E-state index contributed by atoms with van der Waals surface area (Å²) in [7, 11) is 0. The Balaban J connectivity index is 2.39. The number of nitrogen functional groups attached to an aromatic ring is 1. The van der Waals surface area contributed by atoms with Crippen molar-refractivity contribution in [3.05, 3.63) is 35.5 Å². The van der Waals surface area contributed by atoms with E-state index in [0.717, 1.165) is 41.4 Å². The molecular formula is C13H12Cl2N2. The molecule has 88 valence electrons. The number of rotatable bonds is 0. The standard InChI is InChI=1S/C13H12Cl2N2/c14-13(15)7-3-6-10-11(13)12(16)8-4-1-2-5-9(8)17-10/h1-2,4-5H,3,6-7H2,(H2,16,17). The molecule has 1 aliphatic rings. The van der Waals surface area contributed by atoms with Crippen molar-refractivity contribution in [3.8, 4) is 0 Å². The van der Waals surface area contributed by atoms with Gasteiger partial charge >= 0.3 is 0 Å². The first-order valence-electron chi connectivity index (χ1n) is 5.65. The predicted molar refractivity (Wildman–Crippen MR) is 72.5 cm³/mol. The second-order valence-corrected chi connectivity index (χ2v) is 5.91. The lowest BCUT2D eigenvalue weighted by atomic mass is 9.92. The van der Waals surface area contributed by atoms with Crippen LogP contribution in [0.5, 0.6) is 0 Å². The van der Waals surface area contributed by atoms with Gasteiger partial charge in [0.05, 0.1) is 5.52 Å². The molecule has 0 saturated heterocycles. The summed E-state index contributed by atoms with van der Waals surface area (Å²) in [6, 6.07) is 7.82. The summed E-state index contributed by atoms with van der Waals surface area (Å²) < 4.78 is -0.894. The van der Waals surface area contributed by atoms with E-state index in [1.807, 2.05) is 24.3 Å². The smallest absolute Gasteiger partial charge is 0.146 e. The summed E-state index contributed by atoms with van der Waals surface area (Å²) in [6.45, 7) is 0. The van der Waals surface area contributed by atoms with Crippen LogP contribution in [0.2, 0.25) is 0 Å². The fraction of sp³-hybridized carbons (Fsp3) is 0.308. The molecule has 2 aromatic rings. The van der Waals surface area contributed by atoms with Crippen molar-refractivity contribution in [1.29, 1.82) is 0 Å². The Labute approximate surface area is 110 Å². The molecule has 2 nitrogen and oxygen atoms in total. The summed E-state index contributed by atoms with van der Waals surface area (Å²) >= 11 is 12.7. The first-order chi connectivity index (χ1) is 8.09. The Morgan fingerprint density at radius 1 is 1.24 bits per heavy atom. The number of hydrogen-bond donors (Lipinski definition) is 1. The van der Waals surface area contributed by atoms with Crippen LogP contribution in [0.1, 0.15) is 24.1 Å². The molecule has 0 bridgehead atoms. The van der Waals surface area contributed by atoms with Crippen LogP contribution >= 0.6 is 23.2 Å². The van der Waals surface area contributed by atoms with Gasteiger partial charge in [0, 0.05) is 22.3 Å². The van der Waals surface area contributed by atoms with Gasteiger partial charge in [-0.2, -0.15) is 0 Å². The van der Waals surface area contributed by atoms with Crippen LogP contribution in [0, 0.1) is 0 Å². The van der Waals surface area contributed by atoms with Gasteiger partial charge in [-0.3, -0.25) is 4.98 Å². The fourth-order valence-electron chi connectivity index (χ4n) is 2.48. The molecule has 0 aliphatic heterocycles. The van der Waals surface area contributed by atoms with E-state index in [2.05, 4.69) is 4.98 Å². The molecule has 0 spiro atoms. The topological polar surface area (TPSA) is 38.9 Å². The summed E-state index contributed by atoms with van der Waals surface area (Å²) in [5, 5.41) is 0.929. The van der Waals surface area contributed by atoms with Crippen molar-refractivity contribution >= 4 is 39.8 Å². The Hall–Kier alpha value is -0.990. The van der Waals surface area contributed by atoms with Gasteiger partial charge in [0.15, 0.2) is 0 Å². The number of pyridine rings is 1. The molecule has 0 radical (unpaired) electrons. The monoisotopic (exact) mass is 266 g/mol. The zero-order valence-corrected chi connectivity index (χ0v) is 10.7. The van der Waals surface area contributed by atoms with Gasteiger partial charge < -0.3 is 5.73 Å². The zero-order chi connectivity index (χ0) is 12.0. The number of fused-ring (bicyclic) bond motifs is 2. The van der Waals surface area contributed by atoms with Gasteiger partial charge in [0.1, 0.15) is 4.33 Å². The summed E-state index contributed by atoms with van der Waals surface area (Å²) in [5.74, 6) is 0. The third-order valence-electron chi connectivity index (χ3n) is 3.28. The van der Waals surface area contributed by atoms with Crippen LogP contribution in [0.15, 0.2) is 24.3 Å². The number of benzene rings is 1. The minimum absolute atomic E-state index is 0.676. The number of alkyl halides is 2. The van der Waals surface area contributed by atoms with Crippen molar-refractivity contribution in [2.24, 2.45) is 0 Å². The highest BCUT2D eigenvalue weighted by atomic mass is 35.5.